The van der Waals surface area contributed by atoms with Crippen molar-refractivity contribution in [2.45, 2.75) is 45.3 Å². The van der Waals surface area contributed by atoms with Gasteiger partial charge in [0, 0.05) is 24.2 Å². The Morgan fingerprint density at radius 2 is 1.58 bits per heavy atom. The molecule has 0 amide bonds. The van der Waals surface area contributed by atoms with Crippen molar-refractivity contribution >= 4 is 5.69 Å². The van der Waals surface area contributed by atoms with Crippen molar-refractivity contribution in [3.05, 3.63) is 93.8 Å². The lowest BCUT2D eigenvalue weighted by molar-refractivity contribution is -0.198. The summed E-state index contributed by atoms with van der Waals surface area (Å²) in [4.78, 5) is 0. The van der Waals surface area contributed by atoms with Crippen molar-refractivity contribution < 1.29 is 40.6 Å². The van der Waals surface area contributed by atoms with Crippen LogP contribution in [0.2, 0.25) is 0 Å². The van der Waals surface area contributed by atoms with E-state index < -0.39 is 36.4 Å². The van der Waals surface area contributed by atoms with Crippen LogP contribution in [0.3, 0.4) is 0 Å². The van der Waals surface area contributed by atoms with Crippen LogP contribution in [0.1, 0.15) is 33.4 Å². The number of aliphatic hydroxyl groups is 1. The first-order chi connectivity index (χ1) is 16.7. The van der Waals surface area contributed by atoms with E-state index >= 15 is 0 Å². The number of aryl methyl sites for hydroxylation is 2. The molecule has 0 saturated heterocycles. The molecule has 0 bridgehead atoms. The van der Waals surface area contributed by atoms with Crippen LogP contribution >= 0.6 is 0 Å². The lowest BCUT2D eigenvalue weighted by Crippen LogP contribution is -2.35. The van der Waals surface area contributed by atoms with Crippen molar-refractivity contribution in [3.8, 4) is 5.75 Å². The average Bonchev–Trinajstić information content (AvgIpc) is 2.76. The van der Waals surface area contributed by atoms with Gasteiger partial charge in [-0.1, -0.05) is 41.5 Å². The molecular formula is C26H24F7NO2. The van der Waals surface area contributed by atoms with Gasteiger partial charge in [0.15, 0.2) is 6.10 Å². The predicted octanol–water partition coefficient (Wildman–Crippen LogP) is 6.97. The van der Waals surface area contributed by atoms with Crippen LogP contribution < -0.4 is 10.1 Å². The summed E-state index contributed by atoms with van der Waals surface area (Å²) < 4.78 is 97.6. The minimum atomic E-state index is -4.86. The molecule has 0 radical (unpaired) electrons. The third kappa shape index (κ3) is 7.13. The monoisotopic (exact) mass is 515 g/mol. The standard InChI is InChI=1S/C26H24F7NO2/c1-15-8-16(2)10-17(9-15)14-36-23-5-3-4-22(34-13-24(35)26(31,32)33)20(23)11-18-6-7-19(12-21(18)27)25(28,29)30/h3-10,12,24,34-35H,11,13-14H2,1-2H3/t24-/m1/s1. The molecule has 1 atom stereocenters. The molecule has 3 aromatic carbocycles. The summed E-state index contributed by atoms with van der Waals surface area (Å²) in [6.45, 7) is 3.03. The van der Waals surface area contributed by atoms with Gasteiger partial charge in [-0.3, -0.25) is 0 Å². The SMILES string of the molecule is Cc1cc(C)cc(COc2cccc(NC[C@@H](O)C(F)(F)F)c2Cc2ccc(C(F)(F)F)cc2F)c1. The van der Waals surface area contributed by atoms with Gasteiger partial charge in [-0.05, 0) is 49.2 Å². The Bertz CT molecular complexity index is 1190. The molecule has 0 aliphatic heterocycles. The number of rotatable bonds is 8. The number of halogens is 7. The summed E-state index contributed by atoms with van der Waals surface area (Å²) in [6, 6.07) is 12.3. The Morgan fingerprint density at radius 1 is 0.917 bits per heavy atom. The largest absolute Gasteiger partial charge is 0.489 e. The van der Waals surface area contributed by atoms with Crippen molar-refractivity contribution in [1.29, 1.82) is 0 Å². The van der Waals surface area contributed by atoms with E-state index in [2.05, 4.69) is 5.32 Å². The number of nitrogens with one attached hydrogen (secondary N) is 1. The van der Waals surface area contributed by atoms with Crippen molar-refractivity contribution in [3.63, 3.8) is 0 Å². The van der Waals surface area contributed by atoms with Crippen LogP contribution in [0.5, 0.6) is 5.75 Å². The molecule has 10 heteroatoms. The summed E-state index contributed by atoms with van der Waals surface area (Å²) in [7, 11) is 0. The van der Waals surface area contributed by atoms with E-state index in [9.17, 15) is 35.8 Å². The Hall–Kier alpha value is -3.27. The van der Waals surface area contributed by atoms with E-state index in [4.69, 9.17) is 4.74 Å². The Morgan fingerprint density at radius 3 is 2.17 bits per heavy atom. The van der Waals surface area contributed by atoms with Crippen molar-refractivity contribution in [1.82, 2.24) is 0 Å². The van der Waals surface area contributed by atoms with Crippen LogP contribution in [0.4, 0.5) is 36.4 Å². The molecule has 0 spiro atoms. The first-order valence-electron chi connectivity index (χ1n) is 10.9. The lowest BCUT2D eigenvalue weighted by Gasteiger charge is -2.20. The van der Waals surface area contributed by atoms with Gasteiger partial charge in [0.1, 0.15) is 18.2 Å². The number of ether oxygens (including phenoxy) is 1. The molecule has 0 unspecified atom stereocenters. The maximum Gasteiger partial charge on any atom is 0.416 e. The van der Waals surface area contributed by atoms with Crippen molar-refractivity contribution in [2.24, 2.45) is 0 Å². The highest BCUT2D eigenvalue weighted by atomic mass is 19.4. The molecule has 0 heterocycles. The minimum Gasteiger partial charge on any atom is -0.489 e. The summed E-state index contributed by atoms with van der Waals surface area (Å²) in [5, 5.41) is 11.9. The van der Waals surface area contributed by atoms with E-state index in [1.807, 2.05) is 32.0 Å². The van der Waals surface area contributed by atoms with Gasteiger partial charge in [0.2, 0.25) is 0 Å². The van der Waals surface area contributed by atoms with E-state index in [0.717, 1.165) is 28.8 Å². The smallest absolute Gasteiger partial charge is 0.416 e. The van der Waals surface area contributed by atoms with Crippen LogP contribution in [-0.2, 0) is 19.2 Å². The number of hydrogen-bond donors (Lipinski definition) is 2. The minimum absolute atomic E-state index is 0.0969. The van der Waals surface area contributed by atoms with E-state index in [-0.39, 0.29) is 35.6 Å². The normalized spacial score (nSPS) is 12.9. The number of benzene rings is 3. The van der Waals surface area contributed by atoms with Gasteiger partial charge in [-0.25, -0.2) is 4.39 Å². The highest BCUT2D eigenvalue weighted by Gasteiger charge is 2.38. The van der Waals surface area contributed by atoms with E-state index in [1.165, 1.54) is 18.2 Å². The van der Waals surface area contributed by atoms with Crippen LogP contribution in [-0.4, -0.2) is 23.9 Å². The molecule has 0 fully saturated rings. The maximum absolute atomic E-state index is 14.6. The molecule has 194 valence electrons. The van der Waals surface area contributed by atoms with Crippen molar-refractivity contribution in [2.75, 3.05) is 11.9 Å². The fourth-order valence-corrected chi connectivity index (χ4v) is 3.74. The number of alkyl halides is 6. The molecule has 0 aromatic heterocycles. The summed E-state index contributed by atoms with van der Waals surface area (Å²) in [5.41, 5.74) is 1.91. The van der Waals surface area contributed by atoms with E-state index in [1.54, 1.807) is 0 Å². The quantitative estimate of drug-likeness (QED) is 0.319. The first kappa shape index (κ1) is 27.3. The molecular weight excluding hydrogens is 491 g/mol. The third-order valence-corrected chi connectivity index (χ3v) is 5.42. The zero-order valence-electron chi connectivity index (χ0n) is 19.4. The summed E-state index contributed by atoms with van der Waals surface area (Å²) in [6.07, 6.45) is -12.5. The summed E-state index contributed by atoms with van der Waals surface area (Å²) in [5.74, 6) is -0.907. The Kier molecular flexibility index (Phi) is 8.18. The van der Waals surface area contributed by atoms with Gasteiger partial charge in [0.05, 0.1) is 5.56 Å². The molecule has 0 aliphatic carbocycles. The topological polar surface area (TPSA) is 41.5 Å². The average molecular weight is 515 g/mol. The number of aliphatic hydroxyl groups excluding tert-OH is 1. The van der Waals surface area contributed by atoms with E-state index in [0.29, 0.717) is 6.07 Å². The molecule has 0 saturated carbocycles. The molecule has 3 aromatic rings. The molecule has 36 heavy (non-hydrogen) atoms. The second kappa shape index (κ2) is 10.8. The highest BCUT2D eigenvalue weighted by molar-refractivity contribution is 5.59. The predicted molar refractivity (Wildman–Crippen MR) is 121 cm³/mol. The lowest BCUT2D eigenvalue weighted by atomic mass is 10.00. The van der Waals surface area contributed by atoms with Crippen LogP contribution in [0.15, 0.2) is 54.6 Å². The van der Waals surface area contributed by atoms with Crippen LogP contribution in [0.25, 0.3) is 0 Å². The van der Waals surface area contributed by atoms with Gasteiger partial charge < -0.3 is 15.2 Å². The number of anilines is 1. The molecule has 2 N–H and O–H groups in total. The second-order valence-corrected chi connectivity index (χ2v) is 8.49. The highest BCUT2D eigenvalue weighted by Crippen LogP contribution is 2.34. The summed E-state index contributed by atoms with van der Waals surface area (Å²) >= 11 is 0. The first-order valence-corrected chi connectivity index (χ1v) is 10.9. The second-order valence-electron chi connectivity index (χ2n) is 8.49. The zero-order chi connectivity index (χ0) is 26.7. The number of hydrogen-bond acceptors (Lipinski definition) is 3. The third-order valence-electron chi connectivity index (χ3n) is 5.42. The molecule has 3 nitrogen and oxygen atoms in total. The van der Waals surface area contributed by atoms with Gasteiger partial charge >= 0.3 is 12.4 Å². The zero-order valence-corrected chi connectivity index (χ0v) is 19.4. The maximum atomic E-state index is 14.6. The van der Waals surface area contributed by atoms with Gasteiger partial charge in [-0.15, -0.1) is 0 Å². The fraction of sp³-hybridized carbons (Fsp3) is 0.308. The van der Waals surface area contributed by atoms with Crippen LogP contribution in [0, 0.1) is 19.7 Å². The fourth-order valence-electron chi connectivity index (χ4n) is 3.74. The molecule has 3 rings (SSSR count). The Labute approximate surface area is 203 Å². The molecule has 0 aliphatic rings. The Balaban J connectivity index is 1.94. The van der Waals surface area contributed by atoms with Gasteiger partial charge in [-0.2, -0.15) is 26.3 Å². The van der Waals surface area contributed by atoms with Gasteiger partial charge in [0.25, 0.3) is 0 Å².